The number of hydrogen-bond donors (Lipinski definition) is 1. The van der Waals surface area contributed by atoms with E-state index >= 15 is 0 Å². The molecule has 2 heterocycles. The van der Waals surface area contributed by atoms with Crippen molar-refractivity contribution in [1.29, 1.82) is 0 Å². The molecule has 5 heteroatoms. The van der Waals surface area contributed by atoms with E-state index in [9.17, 15) is 0 Å². The van der Waals surface area contributed by atoms with Crippen LogP contribution >= 0.6 is 22.6 Å². The third kappa shape index (κ3) is 3.77. The van der Waals surface area contributed by atoms with Gasteiger partial charge in [-0.25, -0.2) is 0 Å². The molecule has 0 aromatic carbocycles. The average Bonchev–Trinajstić information content (AvgIpc) is 2.64. The quantitative estimate of drug-likeness (QED) is 0.833. The molecule has 0 unspecified atom stereocenters. The average molecular weight is 346 g/mol. The minimum atomic E-state index is 0.179. The SMILES string of the molecule is CC(C)(C)N[C@H]1CCN(c2ccc(I)nn2)C1. The van der Waals surface area contributed by atoms with E-state index in [4.69, 9.17) is 0 Å². The van der Waals surface area contributed by atoms with Crippen LogP contribution in [0.15, 0.2) is 12.1 Å². The Morgan fingerprint density at radius 1 is 1.35 bits per heavy atom. The summed E-state index contributed by atoms with van der Waals surface area (Å²) in [6, 6.07) is 4.61. The molecule has 17 heavy (non-hydrogen) atoms. The summed E-state index contributed by atoms with van der Waals surface area (Å²) in [5.41, 5.74) is 0.179. The molecule has 1 aliphatic rings. The first kappa shape index (κ1) is 13.0. The molecule has 0 amide bonds. The topological polar surface area (TPSA) is 41.0 Å². The molecular weight excluding hydrogens is 327 g/mol. The van der Waals surface area contributed by atoms with E-state index in [1.807, 2.05) is 12.1 Å². The Morgan fingerprint density at radius 2 is 2.12 bits per heavy atom. The lowest BCUT2D eigenvalue weighted by Crippen LogP contribution is -2.45. The zero-order chi connectivity index (χ0) is 12.5. The van der Waals surface area contributed by atoms with Crippen LogP contribution in [0.4, 0.5) is 5.82 Å². The van der Waals surface area contributed by atoms with E-state index < -0.39 is 0 Å². The number of nitrogens with one attached hydrogen (secondary N) is 1. The van der Waals surface area contributed by atoms with Crippen molar-refractivity contribution in [2.24, 2.45) is 0 Å². The van der Waals surface area contributed by atoms with Crippen molar-refractivity contribution < 1.29 is 0 Å². The Bertz CT molecular complexity index is 371. The highest BCUT2D eigenvalue weighted by Gasteiger charge is 2.26. The summed E-state index contributed by atoms with van der Waals surface area (Å²) in [6.07, 6.45) is 1.17. The summed E-state index contributed by atoms with van der Waals surface area (Å²) in [5, 5.41) is 12.0. The van der Waals surface area contributed by atoms with Crippen molar-refractivity contribution in [3.63, 3.8) is 0 Å². The lowest BCUT2D eigenvalue weighted by molar-refractivity contribution is 0.373. The van der Waals surface area contributed by atoms with Crippen LogP contribution in [0.1, 0.15) is 27.2 Å². The molecule has 0 spiro atoms. The highest BCUT2D eigenvalue weighted by Crippen LogP contribution is 2.19. The van der Waals surface area contributed by atoms with E-state index in [0.29, 0.717) is 6.04 Å². The predicted molar refractivity (Wildman–Crippen MR) is 78.3 cm³/mol. The van der Waals surface area contributed by atoms with Crippen LogP contribution < -0.4 is 10.2 Å². The second kappa shape index (κ2) is 5.06. The van der Waals surface area contributed by atoms with Crippen LogP contribution in [0.5, 0.6) is 0 Å². The Kier molecular flexibility index (Phi) is 3.87. The van der Waals surface area contributed by atoms with Crippen LogP contribution in [0, 0.1) is 3.70 Å². The highest BCUT2D eigenvalue weighted by atomic mass is 127. The van der Waals surface area contributed by atoms with Gasteiger partial charge in [0, 0.05) is 24.7 Å². The Morgan fingerprint density at radius 3 is 2.71 bits per heavy atom. The van der Waals surface area contributed by atoms with Crippen molar-refractivity contribution in [1.82, 2.24) is 15.5 Å². The fourth-order valence-electron chi connectivity index (χ4n) is 2.18. The third-order valence-corrected chi connectivity index (χ3v) is 3.34. The lowest BCUT2D eigenvalue weighted by Gasteiger charge is -2.26. The summed E-state index contributed by atoms with van der Waals surface area (Å²) in [5.74, 6) is 0.989. The first-order chi connectivity index (χ1) is 7.94. The third-order valence-electron chi connectivity index (χ3n) is 2.77. The van der Waals surface area contributed by atoms with Crippen LogP contribution in [0.2, 0.25) is 0 Å². The summed E-state index contributed by atoms with van der Waals surface area (Å²) in [6.45, 7) is 8.70. The molecule has 0 radical (unpaired) electrons. The molecule has 1 saturated heterocycles. The molecule has 94 valence electrons. The normalized spacial score (nSPS) is 20.9. The summed E-state index contributed by atoms with van der Waals surface area (Å²) < 4.78 is 0.940. The van der Waals surface area contributed by atoms with Gasteiger partial charge >= 0.3 is 0 Å². The molecule has 1 N–H and O–H groups in total. The van der Waals surface area contributed by atoms with Gasteiger partial charge in [0.25, 0.3) is 0 Å². The van der Waals surface area contributed by atoms with Crippen molar-refractivity contribution in [3.8, 4) is 0 Å². The number of nitrogens with zero attached hydrogens (tertiary/aromatic N) is 3. The summed E-state index contributed by atoms with van der Waals surface area (Å²) >= 11 is 2.18. The van der Waals surface area contributed by atoms with Crippen LogP contribution in [-0.2, 0) is 0 Å². The lowest BCUT2D eigenvalue weighted by atomic mass is 10.1. The Labute approximate surface area is 116 Å². The number of aromatic nitrogens is 2. The zero-order valence-electron chi connectivity index (χ0n) is 10.6. The van der Waals surface area contributed by atoms with Gasteiger partial charge in [0.1, 0.15) is 3.70 Å². The van der Waals surface area contributed by atoms with Gasteiger partial charge in [0.15, 0.2) is 5.82 Å². The smallest absolute Gasteiger partial charge is 0.151 e. The standard InChI is InChI=1S/C12H19IN4/c1-12(2,3)14-9-6-7-17(8-9)11-5-4-10(13)15-16-11/h4-5,9,14H,6-8H2,1-3H3/t9-/m0/s1. The molecule has 1 atom stereocenters. The van der Waals surface area contributed by atoms with Crippen LogP contribution in [-0.4, -0.2) is 34.9 Å². The monoisotopic (exact) mass is 346 g/mol. The maximum Gasteiger partial charge on any atom is 0.151 e. The highest BCUT2D eigenvalue weighted by molar-refractivity contribution is 14.1. The number of hydrogen-bond acceptors (Lipinski definition) is 4. The molecule has 4 nitrogen and oxygen atoms in total. The maximum atomic E-state index is 4.23. The molecule has 1 aromatic rings. The summed E-state index contributed by atoms with van der Waals surface area (Å²) in [4.78, 5) is 2.30. The number of rotatable bonds is 2. The van der Waals surface area contributed by atoms with Crippen molar-refractivity contribution >= 4 is 28.4 Å². The van der Waals surface area contributed by atoms with E-state index in [-0.39, 0.29) is 5.54 Å². The molecule has 1 fully saturated rings. The number of halogens is 1. The second-order valence-electron chi connectivity index (χ2n) is 5.54. The van der Waals surface area contributed by atoms with Gasteiger partial charge in [0.05, 0.1) is 0 Å². The van der Waals surface area contributed by atoms with Crippen molar-refractivity contribution in [2.75, 3.05) is 18.0 Å². The maximum absolute atomic E-state index is 4.23. The first-order valence-corrected chi connectivity index (χ1v) is 7.04. The molecule has 0 aliphatic carbocycles. The van der Waals surface area contributed by atoms with E-state index in [0.717, 1.165) is 22.6 Å². The summed E-state index contributed by atoms with van der Waals surface area (Å²) in [7, 11) is 0. The minimum Gasteiger partial charge on any atom is -0.354 e. The zero-order valence-corrected chi connectivity index (χ0v) is 12.7. The molecular formula is C12H19IN4. The molecule has 1 aliphatic heterocycles. The van der Waals surface area contributed by atoms with Gasteiger partial charge < -0.3 is 10.2 Å². The Hall–Kier alpha value is -0.430. The number of anilines is 1. The Balaban J connectivity index is 1.96. The van der Waals surface area contributed by atoms with Crippen LogP contribution in [0.25, 0.3) is 0 Å². The van der Waals surface area contributed by atoms with E-state index in [1.165, 1.54) is 6.42 Å². The molecule has 0 bridgehead atoms. The predicted octanol–water partition coefficient (Wildman–Crippen LogP) is 2.05. The molecule has 2 rings (SSSR count). The molecule has 1 aromatic heterocycles. The van der Waals surface area contributed by atoms with Crippen molar-refractivity contribution in [2.45, 2.75) is 38.8 Å². The minimum absolute atomic E-state index is 0.179. The van der Waals surface area contributed by atoms with Gasteiger partial charge in [-0.3, -0.25) is 0 Å². The fourth-order valence-corrected chi connectivity index (χ4v) is 2.46. The first-order valence-electron chi connectivity index (χ1n) is 5.96. The van der Waals surface area contributed by atoms with Gasteiger partial charge in [-0.15, -0.1) is 10.2 Å². The van der Waals surface area contributed by atoms with Gasteiger partial charge in [-0.05, 0) is 61.9 Å². The van der Waals surface area contributed by atoms with Gasteiger partial charge in [0.2, 0.25) is 0 Å². The fraction of sp³-hybridized carbons (Fsp3) is 0.667. The van der Waals surface area contributed by atoms with E-state index in [2.05, 4.69) is 63.8 Å². The van der Waals surface area contributed by atoms with Gasteiger partial charge in [-0.1, -0.05) is 0 Å². The van der Waals surface area contributed by atoms with E-state index in [1.54, 1.807) is 0 Å². The largest absolute Gasteiger partial charge is 0.354 e. The second-order valence-corrected chi connectivity index (χ2v) is 6.65. The van der Waals surface area contributed by atoms with Crippen LogP contribution in [0.3, 0.4) is 0 Å². The molecule has 0 saturated carbocycles. The van der Waals surface area contributed by atoms with Gasteiger partial charge in [-0.2, -0.15) is 0 Å². The van der Waals surface area contributed by atoms with Crippen molar-refractivity contribution in [3.05, 3.63) is 15.8 Å².